The Labute approximate surface area is 118 Å². The molecule has 3 N–H and O–H groups in total. The Morgan fingerprint density at radius 1 is 1.40 bits per heavy atom. The van der Waals surface area contributed by atoms with Gasteiger partial charge in [-0.1, -0.05) is 13.0 Å². The second-order valence-electron chi connectivity index (χ2n) is 4.94. The predicted octanol–water partition coefficient (Wildman–Crippen LogP) is 1.42. The molecular formula is C14H21N3O3. The molecule has 0 bridgehead atoms. The first kappa shape index (κ1) is 15.9. The van der Waals surface area contributed by atoms with Crippen molar-refractivity contribution in [1.29, 1.82) is 0 Å². The first-order chi connectivity index (χ1) is 9.48. The van der Waals surface area contributed by atoms with Crippen LogP contribution in [0.15, 0.2) is 24.5 Å². The molecule has 0 saturated carbocycles. The Kier molecular flexibility index (Phi) is 5.96. The lowest BCUT2D eigenvalue weighted by atomic mass is 9.88. The molecule has 6 nitrogen and oxygen atoms in total. The number of hydrogen-bond donors (Lipinski definition) is 3. The summed E-state index contributed by atoms with van der Waals surface area (Å²) >= 11 is 0. The largest absolute Gasteiger partial charge is 0.481 e. The number of carboxylic acids is 1. The van der Waals surface area contributed by atoms with E-state index in [1.807, 2.05) is 12.1 Å². The number of rotatable bonds is 7. The van der Waals surface area contributed by atoms with Crippen molar-refractivity contribution >= 4 is 12.0 Å². The summed E-state index contributed by atoms with van der Waals surface area (Å²) in [4.78, 5) is 26.7. The van der Waals surface area contributed by atoms with Crippen molar-refractivity contribution in [2.75, 3.05) is 13.1 Å². The van der Waals surface area contributed by atoms with Crippen molar-refractivity contribution in [1.82, 2.24) is 15.6 Å². The van der Waals surface area contributed by atoms with Gasteiger partial charge in [0, 0.05) is 25.5 Å². The number of nitrogens with zero attached hydrogens (tertiary/aromatic N) is 1. The molecule has 1 atom stereocenters. The van der Waals surface area contributed by atoms with Crippen molar-refractivity contribution in [3.05, 3.63) is 30.1 Å². The van der Waals surface area contributed by atoms with Gasteiger partial charge in [-0.25, -0.2) is 4.79 Å². The minimum atomic E-state index is -0.930. The normalized spacial score (nSPS) is 13.3. The van der Waals surface area contributed by atoms with Gasteiger partial charge in [-0.15, -0.1) is 0 Å². The fourth-order valence-corrected chi connectivity index (χ4v) is 1.56. The lowest BCUT2D eigenvalue weighted by molar-refractivity contribution is -0.147. The van der Waals surface area contributed by atoms with Crippen LogP contribution in [-0.2, 0) is 11.2 Å². The van der Waals surface area contributed by atoms with Crippen LogP contribution < -0.4 is 10.6 Å². The zero-order valence-electron chi connectivity index (χ0n) is 11.8. The van der Waals surface area contributed by atoms with Crippen LogP contribution in [0.1, 0.15) is 25.8 Å². The zero-order valence-corrected chi connectivity index (χ0v) is 11.8. The van der Waals surface area contributed by atoms with Crippen LogP contribution in [0.2, 0.25) is 0 Å². The molecule has 20 heavy (non-hydrogen) atoms. The fraction of sp³-hybridized carbons (Fsp3) is 0.500. The zero-order chi connectivity index (χ0) is 15.0. The molecule has 1 aromatic heterocycles. The lowest BCUT2D eigenvalue weighted by Gasteiger charge is -2.23. The molecule has 0 saturated heterocycles. The van der Waals surface area contributed by atoms with Gasteiger partial charge >= 0.3 is 12.0 Å². The predicted molar refractivity (Wildman–Crippen MR) is 75.4 cm³/mol. The number of carbonyl (C=O) groups is 2. The average molecular weight is 279 g/mol. The van der Waals surface area contributed by atoms with Crippen molar-refractivity contribution in [3.8, 4) is 0 Å². The highest BCUT2D eigenvalue weighted by Crippen LogP contribution is 2.19. The summed E-state index contributed by atoms with van der Waals surface area (Å²) in [7, 11) is 0. The minimum absolute atomic E-state index is 0.109. The van der Waals surface area contributed by atoms with Crippen LogP contribution in [0, 0.1) is 5.41 Å². The summed E-state index contributed by atoms with van der Waals surface area (Å²) in [6, 6.07) is 3.43. The summed E-state index contributed by atoms with van der Waals surface area (Å²) < 4.78 is 0. The molecule has 0 radical (unpaired) electrons. The van der Waals surface area contributed by atoms with Crippen molar-refractivity contribution in [3.63, 3.8) is 0 Å². The molecule has 6 heteroatoms. The topological polar surface area (TPSA) is 91.3 Å². The number of hydrogen-bond acceptors (Lipinski definition) is 3. The second-order valence-corrected chi connectivity index (χ2v) is 4.94. The van der Waals surface area contributed by atoms with Gasteiger partial charge in [0.2, 0.25) is 0 Å². The first-order valence-electron chi connectivity index (χ1n) is 6.62. The molecule has 0 aromatic carbocycles. The molecule has 0 spiro atoms. The molecule has 0 aliphatic carbocycles. The summed E-state index contributed by atoms with van der Waals surface area (Å²) in [5, 5.41) is 14.4. The van der Waals surface area contributed by atoms with Crippen LogP contribution in [0.3, 0.4) is 0 Å². The maximum absolute atomic E-state index is 11.6. The lowest BCUT2D eigenvalue weighted by Crippen LogP contribution is -2.45. The smallest absolute Gasteiger partial charge is 0.314 e. The van der Waals surface area contributed by atoms with E-state index in [0.29, 0.717) is 19.4 Å². The maximum atomic E-state index is 11.6. The van der Waals surface area contributed by atoms with Gasteiger partial charge in [0.15, 0.2) is 0 Å². The van der Waals surface area contributed by atoms with Crippen molar-refractivity contribution in [2.45, 2.75) is 26.7 Å². The standard InChI is InChI=1S/C14H21N3O3/c1-3-14(2,12(18)19)10-17-13(20)16-8-6-11-5-4-7-15-9-11/h4-5,7,9H,3,6,8,10H2,1-2H3,(H,18,19)(H2,16,17,20). The Morgan fingerprint density at radius 3 is 2.70 bits per heavy atom. The fourth-order valence-electron chi connectivity index (χ4n) is 1.56. The Bertz CT molecular complexity index is 450. The maximum Gasteiger partial charge on any atom is 0.314 e. The number of carboxylic acid groups (broad SMARTS) is 1. The molecule has 1 aromatic rings. The molecule has 110 valence electrons. The number of carbonyl (C=O) groups excluding carboxylic acids is 1. The van der Waals surface area contributed by atoms with E-state index in [1.54, 1.807) is 26.2 Å². The van der Waals surface area contributed by atoms with Crippen LogP contribution >= 0.6 is 0 Å². The van der Waals surface area contributed by atoms with Gasteiger partial charge in [0.1, 0.15) is 0 Å². The number of aliphatic carboxylic acids is 1. The summed E-state index contributed by atoms with van der Waals surface area (Å²) in [6.07, 6.45) is 4.59. The van der Waals surface area contributed by atoms with Gasteiger partial charge in [-0.3, -0.25) is 9.78 Å². The summed E-state index contributed by atoms with van der Waals surface area (Å²) in [5.74, 6) is -0.907. The molecule has 0 fully saturated rings. The van der Waals surface area contributed by atoms with E-state index in [2.05, 4.69) is 15.6 Å². The third kappa shape index (κ3) is 4.87. The van der Waals surface area contributed by atoms with E-state index in [9.17, 15) is 9.59 Å². The number of nitrogens with one attached hydrogen (secondary N) is 2. The van der Waals surface area contributed by atoms with E-state index in [1.165, 1.54) is 0 Å². The van der Waals surface area contributed by atoms with E-state index in [4.69, 9.17) is 5.11 Å². The van der Waals surface area contributed by atoms with Gasteiger partial charge in [0.25, 0.3) is 0 Å². The first-order valence-corrected chi connectivity index (χ1v) is 6.62. The number of aromatic nitrogens is 1. The Morgan fingerprint density at radius 2 is 2.15 bits per heavy atom. The highest BCUT2D eigenvalue weighted by Gasteiger charge is 2.31. The Hall–Kier alpha value is -2.11. The third-order valence-corrected chi connectivity index (χ3v) is 3.36. The molecule has 1 heterocycles. The van der Waals surface area contributed by atoms with Crippen LogP contribution in [0.25, 0.3) is 0 Å². The molecule has 0 aliphatic heterocycles. The molecule has 0 aliphatic rings. The SMILES string of the molecule is CCC(C)(CNC(=O)NCCc1cccnc1)C(=O)O. The minimum Gasteiger partial charge on any atom is -0.481 e. The number of pyridine rings is 1. The average Bonchev–Trinajstić information content (AvgIpc) is 2.45. The van der Waals surface area contributed by atoms with Gasteiger partial charge in [-0.05, 0) is 31.4 Å². The molecular weight excluding hydrogens is 258 g/mol. The van der Waals surface area contributed by atoms with Crippen LogP contribution in [0.5, 0.6) is 0 Å². The van der Waals surface area contributed by atoms with E-state index >= 15 is 0 Å². The highest BCUT2D eigenvalue weighted by molar-refractivity contribution is 5.77. The van der Waals surface area contributed by atoms with Crippen LogP contribution in [-0.4, -0.2) is 35.2 Å². The van der Waals surface area contributed by atoms with Crippen LogP contribution in [0.4, 0.5) is 4.79 Å². The second kappa shape index (κ2) is 7.47. The number of urea groups is 1. The van der Waals surface area contributed by atoms with Gasteiger partial charge in [0.05, 0.1) is 5.41 Å². The summed E-state index contributed by atoms with van der Waals surface area (Å²) in [6.45, 7) is 3.99. The third-order valence-electron chi connectivity index (χ3n) is 3.36. The van der Waals surface area contributed by atoms with Gasteiger partial charge in [-0.2, -0.15) is 0 Å². The number of amides is 2. The highest BCUT2D eigenvalue weighted by atomic mass is 16.4. The van der Waals surface area contributed by atoms with Gasteiger partial charge < -0.3 is 15.7 Å². The van der Waals surface area contributed by atoms with E-state index in [-0.39, 0.29) is 12.6 Å². The molecule has 2 amide bonds. The quantitative estimate of drug-likeness (QED) is 0.704. The summed E-state index contributed by atoms with van der Waals surface area (Å²) in [5.41, 5.74) is 0.109. The van der Waals surface area contributed by atoms with Crippen molar-refractivity contribution in [2.24, 2.45) is 5.41 Å². The monoisotopic (exact) mass is 279 g/mol. The molecule has 1 unspecified atom stereocenters. The van der Waals surface area contributed by atoms with Crippen molar-refractivity contribution < 1.29 is 14.7 Å². The molecule has 1 rings (SSSR count). The van der Waals surface area contributed by atoms with E-state index in [0.717, 1.165) is 5.56 Å². The van der Waals surface area contributed by atoms with E-state index < -0.39 is 11.4 Å². The Balaban J connectivity index is 2.29.